The highest BCUT2D eigenvalue weighted by atomic mass is 32.2. The average Bonchev–Trinajstić information content (AvgIpc) is 2.71. The lowest BCUT2D eigenvalue weighted by Crippen LogP contribution is -2.42. The third-order valence-corrected chi connectivity index (χ3v) is 6.71. The maximum Gasteiger partial charge on any atom is 0.241 e. The Morgan fingerprint density at radius 3 is 2.37 bits per heavy atom. The molecule has 0 spiro atoms. The van der Waals surface area contributed by atoms with Gasteiger partial charge in [0.05, 0.1) is 4.90 Å². The number of carbonyl (C=O) groups excluding carboxylic acids is 1. The minimum Gasteiger partial charge on any atom is -0.352 e. The fraction of sp³-hybridized carbons (Fsp3) is 0.476. The van der Waals surface area contributed by atoms with Crippen molar-refractivity contribution in [1.82, 2.24) is 20.0 Å². The largest absolute Gasteiger partial charge is 0.352 e. The van der Waals surface area contributed by atoms with E-state index in [2.05, 4.69) is 24.9 Å². The van der Waals surface area contributed by atoms with Gasteiger partial charge in [-0.3, -0.25) is 4.79 Å². The molecular weight excluding hydrogens is 402 g/mol. The summed E-state index contributed by atoms with van der Waals surface area (Å²) in [5.41, 5.74) is -0.0243. The van der Waals surface area contributed by atoms with Crippen LogP contribution in [0.5, 0.6) is 0 Å². The summed E-state index contributed by atoms with van der Waals surface area (Å²) in [5, 5.41) is 2.92. The molecule has 1 aliphatic heterocycles. The van der Waals surface area contributed by atoms with Gasteiger partial charge in [-0.1, -0.05) is 18.2 Å². The van der Waals surface area contributed by atoms with Gasteiger partial charge in [0, 0.05) is 43.5 Å². The predicted octanol–water partition coefficient (Wildman–Crippen LogP) is 2.09. The Balaban J connectivity index is 1.60. The van der Waals surface area contributed by atoms with Crippen molar-refractivity contribution in [2.24, 2.45) is 5.92 Å². The number of sulfonamides is 1. The van der Waals surface area contributed by atoms with Gasteiger partial charge in [0.2, 0.25) is 21.9 Å². The van der Waals surface area contributed by atoms with Crippen molar-refractivity contribution in [2.45, 2.75) is 50.6 Å². The van der Waals surface area contributed by atoms with Gasteiger partial charge < -0.3 is 10.2 Å². The number of hydrogen-bond donors (Lipinski definition) is 2. The van der Waals surface area contributed by atoms with E-state index in [4.69, 9.17) is 0 Å². The highest BCUT2D eigenvalue weighted by Crippen LogP contribution is 2.21. The van der Waals surface area contributed by atoms with Crippen LogP contribution in [0, 0.1) is 5.92 Å². The van der Waals surface area contributed by atoms with Gasteiger partial charge in [0.1, 0.15) is 0 Å². The van der Waals surface area contributed by atoms with Gasteiger partial charge in [-0.2, -0.15) is 0 Å². The lowest BCUT2D eigenvalue weighted by atomic mass is 9.96. The Morgan fingerprint density at radius 2 is 1.73 bits per heavy atom. The molecule has 30 heavy (non-hydrogen) atoms. The number of piperidine rings is 1. The summed E-state index contributed by atoms with van der Waals surface area (Å²) in [6.07, 6.45) is 4.83. The third kappa shape index (κ3) is 5.76. The normalized spacial score (nSPS) is 15.8. The minimum atomic E-state index is -3.68. The Bertz CT molecular complexity index is 966. The summed E-state index contributed by atoms with van der Waals surface area (Å²) in [6, 6.07) is 8.53. The van der Waals surface area contributed by atoms with E-state index >= 15 is 0 Å². The zero-order valence-electron chi connectivity index (χ0n) is 17.6. The second-order valence-corrected chi connectivity index (χ2v) is 10.1. The molecule has 1 fully saturated rings. The fourth-order valence-electron chi connectivity index (χ4n) is 3.49. The third-order valence-electron chi connectivity index (χ3n) is 4.86. The first-order valence-corrected chi connectivity index (χ1v) is 11.6. The van der Waals surface area contributed by atoms with Crippen LogP contribution in [-0.4, -0.2) is 42.9 Å². The monoisotopic (exact) mass is 431 g/mol. The van der Waals surface area contributed by atoms with E-state index in [1.807, 2.05) is 0 Å². The highest BCUT2D eigenvalue weighted by molar-refractivity contribution is 7.89. The van der Waals surface area contributed by atoms with Crippen LogP contribution >= 0.6 is 0 Å². The fourth-order valence-corrected chi connectivity index (χ4v) is 5.15. The molecule has 2 N–H and O–H groups in total. The molecule has 0 saturated carbocycles. The molecule has 0 radical (unpaired) electrons. The first kappa shape index (κ1) is 22.2. The lowest BCUT2D eigenvalue weighted by molar-refractivity contribution is -0.125. The highest BCUT2D eigenvalue weighted by Gasteiger charge is 2.27. The van der Waals surface area contributed by atoms with E-state index in [0.29, 0.717) is 37.4 Å². The van der Waals surface area contributed by atoms with Gasteiger partial charge in [0.15, 0.2) is 0 Å². The molecule has 2 heterocycles. The molecule has 8 nitrogen and oxygen atoms in total. The number of rotatable bonds is 6. The minimum absolute atomic E-state index is 0.0559. The van der Waals surface area contributed by atoms with Crippen molar-refractivity contribution in [2.75, 3.05) is 18.0 Å². The maximum absolute atomic E-state index is 12.7. The molecule has 9 heteroatoms. The molecule has 1 aromatic carbocycles. The molecule has 2 aromatic rings. The van der Waals surface area contributed by atoms with Crippen LogP contribution in [-0.2, 0) is 21.4 Å². The van der Waals surface area contributed by atoms with Gasteiger partial charge in [0.25, 0.3) is 0 Å². The van der Waals surface area contributed by atoms with Crippen molar-refractivity contribution in [3.63, 3.8) is 0 Å². The van der Waals surface area contributed by atoms with Crippen LogP contribution < -0.4 is 14.9 Å². The molecule has 0 bridgehead atoms. The van der Waals surface area contributed by atoms with Crippen LogP contribution in [0.25, 0.3) is 0 Å². The van der Waals surface area contributed by atoms with E-state index in [9.17, 15) is 13.2 Å². The van der Waals surface area contributed by atoms with Crippen molar-refractivity contribution in [3.8, 4) is 0 Å². The van der Waals surface area contributed by atoms with Crippen molar-refractivity contribution in [1.29, 1.82) is 0 Å². The zero-order chi connectivity index (χ0) is 21.8. The Morgan fingerprint density at radius 1 is 1.10 bits per heavy atom. The molecule has 1 aliphatic rings. The van der Waals surface area contributed by atoms with E-state index < -0.39 is 15.6 Å². The molecule has 1 amide bonds. The lowest BCUT2D eigenvalue weighted by Gasteiger charge is -2.31. The number of benzene rings is 1. The summed E-state index contributed by atoms with van der Waals surface area (Å²) in [7, 11) is -3.68. The van der Waals surface area contributed by atoms with Crippen LogP contribution in [0.2, 0.25) is 0 Å². The summed E-state index contributed by atoms with van der Waals surface area (Å²) in [5.74, 6) is 0.517. The van der Waals surface area contributed by atoms with Crippen molar-refractivity contribution < 1.29 is 13.2 Å². The second-order valence-electron chi connectivity index (χ2n) is 8.49. The van der Waals surface area contributed by atoms with E-state index in [1.165, 1.54) is 0 Å². The van der Waals surface area contributed by atoms with Gasteiger partial charge in [-0.25, -0.2) is 23.1 Å². The number of amides is 1. The molecule has 162 valence electrons. The van der Waals surface area contributed by atoms with Crippen LogP contribution in [0.1, 0.15) is 39.2 Å². The molecule has 3 rings (SSSR count). The van der Waals surface area contributed by atoms with Crippen molar-refractivity contribution in [3.05, 3.63) is 48.3 Å². The van der Waals surface area contributed by atoms with Gasteiger partial charge >= 0.3 is 0 Å². The molecule has 0 aliphatic carbocycles. The zero-order valence-corrected chi connectivity index (χ0v) is 18.4. The summed E-state index contributed by atoms with van der Waals surface area (Å²) >= 11 is 0. The van der Waals surface area contributed by atoms with E-state index in [0.717, 1.165) is 0 Å². The molecule has 1 aromatic heterocycles. The Hall–Kier alpha value is -2.52. The van der Waals surface area contributed by atoms with Gasteiger partial charge in [-0.05, 0) is 51.3 Å². The first-order valence-electron chi connectivity index (χ1n) is 10.1. The summed E-state index contributed by atoms with van der Waals surface area (Å²) in [4.78, 5) is 23.5. The first-order chi connectivity index (χ1) is 14.2. The van der Waals surface area contributed by atoms with E-state index in [-0.39, 0.29) is 23.3 Å². The van der Waals surface area contributed by atoms with Crippen LogP contribution in [0.15, 0.2) is 47.6 Å². The van der Waals surface area contributed by atoms with Crippen LogP contribution in [0.3, 0.4) is 0 Å². The smallest absolute Gasteiger partial charge is 0.241 e. The molecule has 0 atom stereocenters. The average molecular weight is 432 g/mol. The number of anilines is 1. The Labute approximate surface area is 178 Å². The maximum atomic E-state index is 12.7. The SMILES string of the molecule is CC(C)(C)NS(=O)(=O)c1ccccc1CNC(=O)C1CCN(c2ncccn2)CC1. The topological polar surface area (TPSA) is 104 Å². The number of nitrogens with one attached hydrogen (secondary N) is 2. The molecule has 0 unspecified atom stereocenters. The number of aromatic nitrogens is 2. The number of carbonyl (C=O) groups is 1. The summed E-state index contributed by atoms with van der Waals surface area (Å²) in [6.45, 7) is 6.97. The standard InChI is InChI=1S/C21H29N5O3S/c1-21(2,3)25-30(28,29)18-8-5-4-7-17(18)15-24-19(27)16-9-13-26(14-10-16)20-22-11-6-12-23-20/h4-8,11-12,16,25H,9-10,13-15H2,1-3H3,(H,24,27). The Kier molecular flexibility index (Phi) is 6.72. The predicted molar refractivity (Wildman–Crippen MR) is 115 cm³/mol. The quantitative estimate of drug-likeness (QED) is 0.726. The second kappa shape index (κ2) is 9.09. The van der Waals surface area contributed by atoms with E-state index in [1.54, 1.807) is 63.5 Å². The van der Waals surface area contributed by atoms with Crippen LogP contribution in [0.4, 0.5) is 5.95 Å². The number of hydrogen-bond acceptors (Lipinski definition) is 6. The number of nitrogens with zero attached hydrogens (tertiary/aromatic N) is 3. The van der Waals surface area contributed by atoms with Crippen molar-refractivity contribution >= 4 is 21.9 Å². The molecular formula is C21H29N5O3S. The molecule has 1 saturated heterocycles. The summed E-state index contributed by atoms with van der Waals surface area (Å²) < 4.78 is 28.2. The van der Waals surface area contributed by atoms with Gasteiger partial charge in [-0.15, -0.1) is 0 Å².